The molecule has 0 bridgehead atoms. The summed E-state index contributed by atoms with van der Waals surface area (Å²) < 4.78 is 5.57. The van der Waals surface area contributed by atoms with Crippen molar-refractivity contribution in [2.24, 2.45) is 5.73 Å². The number of nitrogens with zero attached hydrogens (tertiary/aromatic N) is 2. The van der Waals surface area contributed by atoms with E-state index in [2.05, 4.69) is 39.6 Å². The molecule has 1 aliphatic carbocycles. The van der Waals surface area contributed by atoms with Gasteiger partial charge in [-0.2, -0.15) is 0 Å². The van der Waals surface area contributed by atoms with E-state index in [0.29, 0.717) is 5.82 Å². The maximum atomic E-state index is 11.4. The van der Waals surface area contributed by atoms with Crippen molar-refractivity contribution in [3.8, 4) is 11.3 Å². The van der Waals surface area contributed by atoms with Crippen LogP contribution < -0.4 is 11.1 Å². The Hall–Kier alpha value is -3.67. The summed E-state index contributed by atoms with van der Waals surface area (Å²) in [5.41, 5.74) is 11.4. The van der Waals surface area contributed by atoms with Crippen molar-refractivity contribution in [3.63, 3.8) is 0 Å². The Kier molecular flexibility index (Phi) is 4.90. The highest BCUT2D eigenvalue weighted by Gasteiger charge is 2.20. The van der Waals surface area contributed by atoms with Crippen LogP contribution in [0.3, 0.4) is 0 Å². The lowest BCUT2D eigenvalue weighted by molar-refractivity contribution is -0.117. The van der Waals surface area contributed by atoms with E-state index in [1.165, 1.54) is 11.1 Å². The molecule has 0 saturated heterocycles. The number of benzene rings is 2. The second kappa shape index (κ2) is 7.87. The van der Waals surface area contributed by atoms with Gasteiger partial charge < -0.3 is 15.5 Å². The van der Waals surface area contributed by atoms with E-state index < -0.39 is 0 Å². The molecule has 1 atom stereocenters. The number of nitrogens with two attached hydrogens (primary N) is 1. The van der Waals surface area contributed by atoms with Gasteiger partial charge in [0.25, 0.3) is 0 Å². The smallest absolute Gasteiger partial charge is 0.221 e. The Morgan fingerprint density at radius 3 is 2.94 bits per heavy atom. The highest BCUT2D eigenvalue weighted by atomic mass is 16.3. The van der Waals surface area contributed by atoms with Crippen molar-refractivity contribution in [1.82, 2.24) is 9.97 Å². The van der Waals surface area contributed by atoms with Crippen molar-refractivity contribution >= 4 is 22.7 Å². The van der Waals surface area contributed by atoms with Gasteiger partial charge in [-0.3, -0.25) is 4.79 Å². The fourth-order valence-corrected chi connectivity index (χ4v) is 4.44. The third kappa shape index (κ3) is 3.89. The molecule has 6 heteroatoms. The first-order chi connectivity index (χ1) is 15.1. The molecule has 2 aromatic carbocycles. The number of carbonyl (C=O) groups excluding carboxylic acids is 1. The summed E-state index contributed by atoms with van der Waals surface area (Å²) in [6, 6.07) is 16.7. The average Bonchev–Trinajstić information content (AvgIpc) is 3.15. The Morgan fingerprint density at radius 2 is 2.06 bits per heavy atom. The van der Waals surface area contributed by atoms with Crippen LogP contribution in [-0.4, -0.2) is 15.9 Å². The average molecular weight is 412 g/mol. The number of carbonyl (C=O) groups is 1. The van der Waals surface area contributed by atoms with Crippen molar-refractivity contribution in [3.05, 3.63) is 77.3 Å². The zero-order chi connectivity index (χ0) is 21.4. The van der Waals surface area contributed by atoms with Gasteiger partial charge in [0.05, 0.1) is 24.4 Å². The summed E-state index contributed by atoms with van der Waals surface area (Å²) in [5, 5.41) is 4.50. The van der Waals surface area contributed by atoms with Crippen LogP contribution in [0.4, 0.5) is 5.82 Å². The predicted molar refractivity (Wildman–Crippen MR) is 121 cm³/mol. The Bertz CT molecular complexity index is 1280. The third-order valence-electron chi connectivity index (χ3n) is 5.84. The lowest BCUT2D eigenvalue weighted by Gasteiger charge is -2.27. The van der Waals surface area contributed by atoms with Gasteiger partial charge in [0.2, 0.25) is 5.91 Å². The number of rotatable bonds is 5. The molecular weight excluding hydrogens is 388 g/mol. The number of anilines is 1. The number of amides is 1. The summed E-state index contributed by atoms with van der Waals surface area (Å²) in [6.45, 7) is 1.90. The van der Waals surface area contributed by atoms with Crippen LogP contribution in [0.1, 0.15) is 41.4 Å². The van der Waals surface area contributed by atoms with Crippen LogP contribution in [-0.2, 0) is 17.6 Å². The SMILES string of the molecule is Cc1nc(N[C@@H]2CCCc3ccccc32)cc(-c2ccc3occ(CC(N)=O)c3c2)n1. The second-order valence-electron chi connectivity index (χ2n) is 8.09. The van der Waals surface area contributed by atoms with Crippen molar-refractivity contribution in [2.45, 2.75) is 38.6 Å². The fraction of sp³-hybridized carbons (Fsp3) is 0.240. The monoisotopic (exact) mass is 412 g/mol. The van der Waals surface area contributed by atoms with Gasteiger partial charge >= 0.3 is 0 Å². The van der Waals surface area contributed by atoms with Crippen LogP contribution in [0.5, 0.6) is 0 Å². The molecule has 0 fully saturated rings. The van der Waals surface area contributed by atoms with Crippen molar-refractivity contribution in [1.29, 1.82) is 0 Å². The van der Waals surface area contributed by atoms with E-state index >= 15 is 0 Å². The zero-order valence-corrected chi connectivity index (χ0v) is 17.4. The quantitative estimate of drug-likeness (QED) is 0.495. The van der Waals surface area contributed by atoms with E-state index in [1.807, 2.05) is 31.2 Å². The Morgan fingerprint density at radius 1 is 1.19 bits per heavy atom. The summed E-state index contributed by atoms with van der Waals surface area (Å²) in [5.74, 6) is 1.13. The molecule has 0 unspecified atom stereocenters. The van der Waals surface area contributed by atoms with Gasteiger partial charge in [0, 0.05) is 22.6 Å². The molecule has 156 valence electrons. The van der Waals surface area contributed by atoms with Crippen LogP contribution in [0.15, 0.2) is 59.2 Å². The topological polar surface area (TPSA) is 94.0 Å². The minimum absolute atomic E-state index is 0.146. The molecule has 5 rings (SSSR count). The third-order valence-corrected chi connectivity index (χ3v) is 5.84. The van der Waals surface area contributed by atoms with Crippen LogP contribution in [0.2, 0.25) is 0 Å². The summed E-state index contributed by atoms with van der Waals surface area (Å²) in [4.78, 5) is 20.7. The molecule has 4 aromatic rings. The molecule has 2 aromatic heterocycles. The number of nitrogens with one attached hydrogen (secondary N) is 1. The van der Waals surface area contributed by atoms with Crippen molar-refractivity contribution < 1.29 is 9.21 Å². The van der Waals surface area contributed by atoms with Gasteiger partial charge in [0.15, 0.2) is 0 Å². The molecule has 0 aliphatic heterocycles. The molecule has 3 N–H and O–H groups in total. The van der Waals surface area contributed by atoms with E-state index in [-0.39, 0.29) is 18.4 Å². The van der Waals surface area contributed by atoms with E-state index in [1.54, 1.807) is 6.26 Å². The van der Waals surface area contributed by atoms with Crippen LogP contribution in [0.25, 0.3) is 22.2 Å². The largest absolute Gasteiger partial charge is 0.464 e. The molecule has 0 radical (unpaired) electrons. The first-order valence-electron chi connectivity index (χ1n) is 10.6. The normalized spacial score (nSPS) is 15.6. The molecular formula is C25H24N4O2. The fourth-order valence-electron chi connectivity index (χ4n) is 4.44. The number of hydrogen-bond acceptors (Lipinski definition) is 5. The van der Waals surface area contributed by atoms with E-state index in [9.17, 15) is 4.79 Å². The van der Waals surface area contributed by atoms with Gasteiger partial charge in [-0.25, -0.2) is 9.97 Å². The van der Waals surface area contributed by atoms with E-state index in [4.69, 9.17) is 10.2 Å². The Labute approximate surface area is 180 Å². The maximum Gasteiger partial charge on any atom is 0.221 e. The summed E-state index contributed by atoms with van der Waals surface area (Å²) in [6.07, 6.45) is 5.10. The highest BCUT2D eigenvalue weighted by molar-refractivity contribution is 5.89. The first-order valence-corrected chi connectivity index (χ1v) is 10.6. The van der Waals surface area contributed by atoms with Crippen LogP contribution >= 0.6 is 0 Å². The number of primary amides is 1. The van der Waals surface area contributed by atoms with E-state index in [0.717, 1.165) is 52.9 Å². The standard InChI is InChI=1S/C25H24N4O2/c1-15-27-22(17-9-10-23-20(11-17)18(14-31-23)12-24(26)30)13-25(28-15)29-21-8-4-6-16-5-2-3-7-19(16)21/h2-3,5,7,9-11,13-14,21H,4,6,8,12H2,1H3,(H2,26,30)(H,27,28,29)/t21-/m1/s1. The molecule has 6 nitrogen and oxygen atoms in total. The Balaban J connectivity index is 1.49. The van der Waals surface area contributed by atoms with Crippen LogP contribution in [0, 0.1) is 6.92 Å². The lowest BCUT2D eigenvalue weighted by atomic mass is 9.88. The summed E-state index contributed by atoms with van der Waals surface area (Å²) in [7, 11) is 0. The predicted octanol–water partition coefficient (Wildman–Crippen LogP) is 4.72. The first kappa shape index (κ1) is 19.3. The van der Waals surface area contributed by atoms with Gasteiger partial charge in [-0.05, 0) is 55.5 Å². The maximum absolute atomic E-state index is 11.4. The molecule has 2 heterocycles. The molecule has 1 amide bonds. The minimum Gasteiger partial charge on any atom is -0.464 e. The molecule has 31 heavy (non-hydrogen) atoms. The number of hydrogen-bond donors (Lipinski definition) is 2. The second-order valence-corrected chi connectivity index (χ2v) is 8.09. The zero-order valence-electron chi connectivity index (χ0n) is 17.4. The van der Waals surface area contributed by atoms with Crippen molar-refractivity contribution in [2.75, 3.05) is 5.32 Å². The minimum atomic E-state index is -0.384. The number of fused-ring (bicyclic) bond motifs is 2. The molecule has 0 spiro atoms. The summed E-state index contributed by atoms with van der Waals surface area (Å²) >= 11 is 0. The number of furan rings is 1. The van der Waals surface area contributed by atoms with Gasteiger partial charge in [-0.15, -0.1) is 0 Å². The van der Waals surface area contributed by atoms with Gasteiger partial charge in [0.1, 0.15) is 17.2 Å². The van der Waals surface area contributed by atoms with Gasteiger partial charge in [-0.1, -0.05) is 24.3 Å². The highest BCUT2D eigenvalue weighted by Crippen LogP contribution is 2.33. The number of aryl methyl sites for hydroxylation is 2. The molecule has 0 saturated carbocycles. The lowest BCUT2D eigenvalue weighted by Crippen LogP contribution is -2.18. The number of aromatic nitrogens is 2. The molecule has 1 aliphatic rings.